The molecule has 5 rings (SSSR count). The molecule has 5 aliphatic rings. The Balaban J connectivity index is 1.15. The van der Waals surface area contributed by atoms with Crippen molar-refractivity contribution >= 4 is 23.6 Å². The Bertz CT molecular complexity index is 723. The van der Waals surface area contributed by atoms with Gasteiger partial charge in [0.25, 0.3) is 0 Å². The van der Waals surface area contributed by atoms with Crippen LogP contribution in [-0.2, 0) is 14.3 Å². The molecule has 4 aliphatic heterocycles. The van der Waals surface area contributed by atoms with Crippen LogP contribution >= 0.6 is 11.8 Å². The Morgan fingerprint density at radius 3 is 2.71 bits per heavy atom. The topological polar surface area (TPSA) is 107 Å². The van der Waals surface area contributed by atoms with Gasteiger partial charge in [-0.05, 0) is 50.9 Å². The normalized spacial score (nSPS) is 42.9. The van der Waals surface area contributed by atoms with Crippen LogP contribution in [0.2, 0.25) is 0 Å². The fourth-order valence-corrected chi connectivity index (χ4v) is 8.25. The van der Waals surface area contributed by atoms with E-state index in [1.807, 2.05) is 12.0 Å². The summed E-state index contributed by atoms with van der Waals surface area (Å²) in [7, 11) is 1.83. The van der Waals surface area contributed by atoms with Crippen molar-refractivity contribution in [3.8, 4) is 0 Å². The van der Waals surface area contributed by atoms with E-state index >= 15 is 0 Å². The number of likely N-dealkylation sites (tertiary alicyclic amines) is 1. The first-order valence-corrected chi connectivity index (χ1v) is 14.2. The van der Waals surface area contributed by atoms with Crippen molar-refractivity contribution in [2.24, 2.45) is 17.8 Å². The van der Waals surface area contributed by atoms with Crippen LogP contribution in [0.5, 0.6) is 0 Å². The third-order valence-electron chi connectivity index (χ3n) is 8.67. The van der Waals surface area contributed by atoms with E-state index in [0.717, 1.165) is 51.7 Å². The number of hydrogen-bond acceptors (Lipinski definition) is 8. The average Bonchev–Trinajstić information content (AvgIpc) is 3.42. The number of methoxy groups -OCH3 is 1. The molecule has 1 saturated carbocycles. The molecule has 0 aromatic heterocycles. The molecule has 34 heavy (non-hydrogen) atoms. The summed E-state index contributed by atoms with van der Waals surface area (Å²) in [6.07, 6.45) is 7.95. The minimum atomic E-state index is -0.123. The van der Waals surface area contributed by atoms with Gasteiger partial charge in [-0.25, -0.2) is 5.43 Å². The van der Waals surface area contributed by atoms with Crippen LogP contribution in [-0.4, -0.2) is 85.0 Å². The van der Waals surface area contributed by atoms with E-state index in [2.05, 4.69) is 33.7 Å². The van der Waals surface area contributed by atoms with Crippen LogP contribution in [0.3, 0.4) is 0 Å². The van der Waals surface area contributed by atoms with Crippen molar-refractivity contribution in [2.75, 3.05) is 33.3 Å². The number of carbonyl (C=O) groups is 2. The highest BCUT2D eigenvalue weighted by Crippen LogP contribution is 2.40. The smallest absolute Gasteiger partial charge is 0.241 e. The molecule has 5 fully saturated rings. The molecule has 4 heterocycles. The van der Waals surface area contributed by atoms with Gasteiger partial charge >= 0.3 is 0 Å². The summed E-state index contributed by atoms with van der Waals surface area (Å²) in [6, 6.07) is 0.540. The fraction of sp³-hybridized carbons (Fsp3) is 0.917. The fourth-order valence-electron chi connectivity index (χ4n) is 6.84. The molecule has 2 amide bonds. The van der Waals surface area contributed by atoms with Crippen molar-refractivity contribution in [1.29, 1.82) is 0 Å². The molecule has 4 saturated heterocycles. The molecule has 5 N–H and O–H groups in total. The van der Waals surface area contributed by atoms with Crippen LogP contribution in [0.4, 0.5) is 0 Å². The Morgan fingerprint density at radius 2 is 1.94 bits per heavy atom. The van der Waals surface area contributed by atoms with Gasteiger partial charge in [0.2, 0.25) is 11.8 Å². The summed E-state index contributed by atoms with van der Waals surface area (Å²) >= 11 is 1.77. The highest BCUT2D eigenvalue weighted by Gasteiger charge is 2.46. The number of nitrogens with zero attached hydrogens (tertiary/aromatic N) is 1. The van der Waals surface area contributed by atoms with E-state index in [1.54, 1.807) is 11.8 Å². The Hall–Kier alpha value is -0.910. The Morgan fingerprint density at radius 1 is 1.09 bits per heavy atom. The summed E-state index contributed by atoms with van der Waals surface area (Å²) in [5.41, 5.74) is 6.16. The van der Waals surface area contributed by atoms with Gasteiger partial charge < -0.3 is 20.3 Å². The molecule has 10 heteroatoms. The van der Waals surface area contributed by atoms with Crippen molar-refractivity contribution in [3.05, 3.63) is 0 Å². The van der Waals surface area contributed by atoms with E-state index < -0.39 is 0 Å². The molecule has 9 nitrogen and oxygen atoms in total. The standard InChI is InChI=1S/C24H42N6O3S/c1-14-10-16(15-6-3-4-8-20(15)33-2)17(11-25-14)22(31)28-24-27-19-12-30(13-21(19)34-24)23(32)18-7-5-9-26-29-18/h14-21,24-27,29H,3-13H2,1-2H3,(H,28,31). The SMILES string of the molecule is COC1CCCCC1C1CC(C)NCC1C(=O)NC1NC2CN(C(=O)C3CCCNN3)CC2S1. The molecule has 192 valence electrons. The van der Waals surface area contributed by atoms with E-state index in [-0.39, 0.29) is 41.4 Å². The third-order valence-corrected chi connectivity index (χ3v) is 10.0. The minimum Gasteiger partial charge on any atom is -0.381 e. The number of nitrogens with one attached hydrogen (secondary N) is 5. The second-order valence-corrected chi connectivity index (χ2v) is 12.2. The van der Waals surface area contributed by atoms with E-state index in [0.29, 0.717) is 29.7 Å². The first-order valence-electron chi connectivity index (χ1n) is 13.3. The number of piperidine rings is 1. The molecule has 9 atom stereocenters. The maximum atomic E-state index is 13.5. The molecule has 0 spiro atoms. The maximum absolute atomic E-state index is 13.5. The van der Waals surface area contributed by atoms with Gasteiger partial charge in [0.1, 0.15) is 11.5 Å². The molecular formula is C24H42N6O3S. The zero-order valence-corrected chi connectivity index (χ0v) is 21.4. The summed E-state index contributed by atoms with van der Waals surface area (Å²) < 4.78 is 5.87. The van der Waals surface area contributed by atoms with Crippen molar-refractivity contribution in [3.63, 3.8) is 0 Å². The van der Waals surface area contributed by atoms with Crippen molar-refractivity contribution < 1.29 is 14.3 Å². The highest BCUT2D eigenvalue weighted by atomic mass is 32.2. The largest absolute Gasteiger partial charge is 0.381 e. The lowest BCUT2D eigenvalue weighted by molar-refractivity contribution is -0.133. The van der Waals surface area contributed by atoms with Gasteiger partial charge in [0.05, 0.1) is 12.0 Å². The number of hydrazine groups is 1. The second kappa shape index (κ2) is 11.0. The molecule has 9 unspecified atom stereocenters. The summed E-state index contributed by atoms with van der Waals surface area (Å²) in [5.74, 6) is 1.14. The van der Waals surface area contributed by atoms with Gasteiger partial charge in [0.15, 0.2) is 0 Å². The molecular weight excluding hydrogens is 452 g/mol. The predicted octanol–water partition coefficient (Wildman–Crippen LogP) is 0.378. The lowest BCUT2D eigenvalue weighted by atomic mass is 9.68. The van der Waals surface area contributed by atoms with Gasteiger partial charge in [-0.15, -0.1) is 11.8 Å². The quantitative estimate of drug-likeness (QED) is 0.374. The number of ether oxygens (including phenoxy) is 1. The number of hydrogen-bond donors (Lipinski definition) is 5. The summed E-state index contributed by atoms with van der Waals surface area (Å²) in [6.45, 7) is 5.34. The predicted molar refractivity (Wildman–Crippen MR) is 133 cm³/mol. The van der Waals surface area contributed by atoms with E-state index in [4.69, 9.17) is 4.74 Å². The van der Waals surface area contributed by atoms with Gasteiger partial charge in [-0.2, -0.15) is 0 Å². The zero-order valence-electron chi connectivity index (χ0n) is 20.6. The Labute approximate surface area is 207 Å². The molecule has 1 aliphatic carbocycles. The average molecular weight is 495 g/mol. The number of rotatable bonds is 5. The van der Waals surface area contributed by atoms with Crippen LogP contribution < -0.4 is 26.8 Å². The van der Waals surface area contributed by atoms with Gasteiger partial charge in [-0.3, -0.25) is 20.3 Å². The second-order valence-electron chi connectivity index (χ2n) is 10.9. The van der Waals surface area contributed by atoms with Crippen LogP contribution in [0, 0.1) is 17.8 Å². The molecule has 0 aromatic carbocycles. The van der Waals surface area contributed by atoms with E-state index in [1.165, 1.54) is 12.8 Å². The Kier molecular flexibility index (Phi) is 8.02. The lowest BCUT2D eigenvalue weighted by Gasteiger charge is -2.44. The first kappa shape index (κ1) is 24.8. The highest BCUT2D eigenvalue weighted by molar-refractivity contribution is 8.00. The monoisotopic (exact) mass is 494 g/mol. The van der Waals surface area contributed by atoms with E-state index in [9.17, 15) is 9.59 Å². The third kappa shape index (κ3) is 5.27. The van der Waals surface area contributed by atoms with Crippen molar-refractivity contribution in [1.82, 2.24) is 31.7 Å². The zero-order chi connectivity index (χ0) is 23.7. The maximum Gasteiger partial charge on any atom is 0.241 e. The number of fused-ring (bicyclic) bond motifs is 1. The summed E-state index contributed by atoms with van der Waals surface area (Å²) in [4.78, 5) is 28.3. The van der Waals surface area contributed by atoms with Crippen LogP contribution in [0.1, 0.15) is 51.9 Å². The molecule has 0 bridgehead atoms. The van der Waals surface area contributed by atoms with Crippen LogP contribution in [0.15, 0.2) is 0 Å². The number of amides is 2. The van der Waals surface area contributed by atoms with Crippen LogP contribution in [0.25, 0.3) is 0 Å². The van der Waals surface area contributed by atoms with Gasteiger partial charge in [0, 0.05) is 50.6 Å². The van der Waals surface area contributed by atoms with Crippen molar-refractivity contribution in [2.45, 2.75) is 86.8 Å². The van der Waals surface area contributed by atoms with Gasteiger partial charge in [-0.1, -0.05) is 12.8 Å². The summed E-state index contributed by atoms with van der Waals surface area (Å²) in [5, 5.41) is 10.8. The first-order chi connectivity index (χ1) is 16.5. The minimum absolute atomic E-state index is 0.0252. The number of thioether (sulfide) groups is 1. The molecule has 0 aromatic rings. The molecule has 0 radical (unpaired) electrons. The number of carbonyl (C=O) groups excluding carboxylic acids is 2. The lowest BCUT2D eigenvalue weighted by Crippen LogP contribution is -2.56.